The van der Waals surface area contributed by atoms with E-state index in [4.69, 9.17) is 18.6 Å². The number of hydrogen-bond acceptors (Lipinski definition) is 7. The molecule has 2 amide bonds. The van der Waals surface area contributed by atoms with Crippen LogP contribution < -0.4 is 14.8 Å². The number of aliphatic hydroxyl groups is 1. The first-order chi connectivity index (χ1) is 19.9. The number of methoxy groups -OCH3 is 1. The zero-order chi connectivity index (χ0) is 30.9. The topological polar surface area (TPSA) is 107 Å². The van der Waals surface area contributed by atoms with Gasteiger partial charge in [0.15, 0.2) is 19.8 Å². The van der Waals surface area contributed by atoms with Gasteiger partial charge < -0.3 is 28.6 Å². The SMILES string of the molecule is C=CCOC(=O)Nc1cc(OCc2ccccc2)c(OC)cc1C(=O)N1C=C(CCO)C[C@H]1CO[Si](C)(C)C(C)(C)C. The fraction of sp³-hybridized carbons (Fsp3) is 0.438. The van der Waals surface area contributed by atoms with Crippen molar-refractivity contribution in [1.29, 1.82) is 0 Å². The highest BCUT2D eigenvalue weighted by molar-refractivity contribution is 6.74. The molecule has 1 atom stereocenters. The molecule has 0 bridgehead atoms. The van der Waals surface area contributed by atoms with E-state index < -0.39 is 14.4 Å². The van der Waals surface area contributed by atoms with E-state index in [0.717, 1.165) is 11.1 Å². The summed E-state index contributed by atoms with van der Waals surface area (Å²) in [5.41, 5.74) is 2.31. The molecule has 0 fully saturated rings. The van der Waals surface area contributed by atoms with Gasteiger partial charge in [-0.15, -0.1) is 0 Å². The maximum Gasteiger partial charge on any atom is 0.411 e. The number of nitrogens with one attached hydrogen (secondary N) is 1. The standard InChI is InChI=1S/C32H44N2O7Si/c1-8-16-39-31(37)33-27-19-29(40-21-23-12-10-9-11-13-23)28(38-5)18-26(27)30(36)34-20-24(14-15-35)17-25(34)22-41-42(6,7)32(2,3)4/h8-13,18-20,25,35H,1,14-17,21-22H2,2-7H3,(H,33,37)/t25-/m0/s1. The minimum Gasteiger partial charge on any atom is -0.493 e. The molecule has 1 aliphatic heterocycles. The van der Waals surface area contributed by atoms with Crippen LogP contribution in [0.3, 0.4) is 0 Å². The van der Waals surface area contributed by atoms with Gasteiger partial charge in [0.2, 0.25) is 0 Å². The van der Waals surface area contributed by atoms with Crippen molar-refractivity contribution in [3.63, 3.8) is 0 Å². The number of hydrogen-bond donors (Lipinski definition) is 2. The van der Waals surface area contributed by atoms with E-state index in [1.165, 1.54) is 13.2 Å². The average molecular weight is 597 g/mol. The predicted molar refractivity (Wildman–Crippen MR) is 166 cm³/mol. The molecule has 2 aromatic rings. The number of ether oxygens (including phenoxy) is 3. The number of anilines is 1. The van der Waals surface area contributed by atoms with Gasteiger partial charge >= 0.3 is 6.09 Å². The molecule has 0 saturated carbocycles. The Morgan fingerprint density at radius 1 is 1.17 bits per heavy atom. The lowest BCUT2D eigenvalue weighted by molar-refractivity contribution is 0.0738. The van der Waals surface area contributed by atoms with E-state index in [1.807, 2.05) is 30.3 Å². The molecular weight excluding hydrogens is 552 g/mol. The molecule has 0 radical (unpaired) electrons. The first kappa shape index (κ1) is 32.9. The van der Waals surface area contributed by atoms with Crippen LogP contribution in [0.15, 0.2) is 66.9 Å². The lowest BCUT2D eigenvalue weighted by Gasteiger charge is -2.38. The Morgan fingerprint density at radius 3 is 2.50 bits per heavy atom. The van der Waals surface area contributed by atoms with Crippen LogP contribution in [0.4, 0.5) is 10.5 Å². The van der Waals surface area contributed by atoms with Gasteiger partial charge in [-0.2, -0.15) is 0 Å². The number of benzene rings is 2. The molecule has 0 aliphatic carbocycles. The summed E-state index contributed by atoms with van der Waals surface area (Å²) >= 11 is 0. The number of carbonyl (C=O) groups excluding carboxylic acids is 2. The van der Waals surface area contributed by atoms with Crippen LogP contribution in [0.5, 0.6) is 11.5 Å². The van der Waals surface area contributed by atoms with Crippen molar-refractivity contribution in [2.45, 2.75) is 64.4 Å². The van der Waals surface area contributed by atoms with E-state index >= 15 is 0 Å². The molecule has 10 heteroatoms. The maximum atomic E-state index is 14.2. The van der Waals surface area contributed by atoms with Gasteiger partial charge in [-0.05, 0) is 48.2 Å². The molecule has 0 saturated heterocycles. The molecule has 0 aromatic heterocycles. The van der Waals surface area contributed by atoms with Crippen LogP contribution in [0.1, 0.15) is 49.5 Å². The minimum atomic E-state index is -2.09. The largest absolute Gasteiger partial charge is 0.493 e. The molecule has 1 heterocycles. The van der Waals surface area contributed by atoms with E-state index in [-0.39, 0.29) is 48.1 Å². The van der Waals surface area contributed by atoms with Crippen molar-refractivity contribution in [3.8, 4) is 11.5 Å². The Morgan fingerprint density at radius 2 is 1.88 bits per heavy atom. The summed E-state index contributed by atoms with van der Waals surface area (Å²) in [5.74, 6) is 0.346. The first-order valence-electron chi connectivity index (χ1n) is 14.1. The minimum absolute atomic E-state index is 0.00758. The first-order valence-corrected chi connectivity index (χ1v) is 17.0. The van der Waals surface area contributed by atoms with Crippen molar-refractivity contribution in [2.75, 3.05) is 32.2 Å². The predicted octanol–water partition coefficient (Wildman–Crippen LogP) is 6.51. The van der Waals surface area contributed by atoms with Crippen molar-refractivity contribution < 1.29 is 33.3 Å². The van der Waals surface area contributed by atoms with Crippen LogP contribution in [-0.4, -0.2) is 63.3 Å². The van der Waals surface area contributed by atoms with Crippen molar-refractivity contribution in [1.82, 2.24) is 4.90 Å². The third-order valence-electron chi connectivity index (χ3n) is 7.66. The van der Waals surface area contributed by atoms with Gasteiger partial charge in [0.05, 0.1) is 31.0 Å². The van der Waals surface area contributed by atoms with Crippen molar-refractivity contribution in [2.24, 2.45) is 0 Å². The highest BCUT2D eigenvalue weighted by Crippen LogP contribution is 2.39. The molecule has 0 unspecified atom stereocenters. The molecule has 1 aliphatic rings. The normalized spacial score (nSPS) is 15.2. The van der Waals surface area contributed by atoms with Crippen LogP contribution in [-0.2, 0) is 15.8 Å². The number of nitrogens with zero attached hydrogens (tertiary/aromatic N) is 1. The van der Waals surface area contributed by atoms with E-state index in [2.05, 4.69) is 45.8 Å². The zero-order valence-corrected chi connectivity index (χ0v) is 26.6. The van der Waals surface area contributed by atoms with Gasteiger partial charge in [-0.1, -0.05) is 63.8 Å². The number of amides is 2. The molecule has 3 rings (SSSR count). The molecule has 2 N–H and O–H groups in total. The summed E-state index contributed by atoms with van der Waals surface area (Å²) in [4.78, 5) is 28.4. The van der Waals surface area contributed by atoms with Gasteiger partial charge in [0.25, 0.3) is 5.91 Å². The Labute approximate surface area is 250 Å². The van der Waals surface area contributed by atoms with E-state index in [0.29, 0.717) is 30.9 Å². The molecule has 228 valence electrons. The Balaban J connectivity index is 1.98. The summed E-state index contributed by atoms with van der Waals surface area (Å²) in [7, 11) is -0.595. The Hall–Kier alpha value is -3.60. The summed E-state index contributed by atoms with van der Waals surface area (Å²) in [5, 5.41) is 12.3. The lowest BCUT2D eigenvalue weighted by Crippen LogP contribution is -2.45. The molecule has 42 heavy (non-hydrogen) atoms. The average Bonchev–Trinajstić information content (AvgIpc) is 3.36. The van der Waals surface area contributed by atoms with E-state index in [9.17, 15) is 14.7 Å². The quantitative estimate of drug-likeness (QED) is 0.201. The second kappa shape index (κ2) is 14.5. The zero-order valence-electron chi connectivity index (χ0n) is 25.6. The smallest absolute Gasteiger partial charge is 0.411 e. The summed E-state index contributed by atoms with van der Waals surface area (Å²) in [6, 6.07) is 12.5. The van der Waals surface area contributed by atoms with Crippen LogP contribution in [0.25, 0.3) is 0 Å². The molecular formula is C32H44N2O7Si. The maximum absolute atomic E-state index is 14.2. The third-order valence-corrected chi connectivity index (χ3v) is 12.2. The second-order valence-electron chi connectivity index (χ2n) is 11.7. The highest BCUT2D eigenvalue weighted by Gasteiger charge is 2.39. The fourth-order valence-electron chi connectivity index (χ4n) is 4.22. The van der Waals surface area contributed by atoms with Crippen molar-refractivity contribution in [3.05, 3.63) is 78.0 Å². The van der Waals surface area contributed by atoms with E-state index in [1.54, 1.807) is 23.2 Å². The number of aliphatic hydroxyl groups excluding tert-OH is 1. The van der Waals surface area contributed by atoms with Crippen molar-refractivity contribution >= 4 is 26.0 Å². The van der Waals surface area contributed by atoms with Gasteiger partial charge in [0.1, 0.15) is 13.2 Å². The fourth-order valence-corrected chi connectivity index (χ4v) is 5.26. The molecule has 9 nitrogen and oxygen atoms in total. The number of carbonyl (C=O) groups is 2. The van der Waals surface area contributed by atoms with Gasteiger partial charge in [-0.25, -0.2) is 4.79 Å². The second-order valence-corrected chi connectivity index (χ2v) is 16.5. The summed E-state index contributed by atoms with van der Waals surface area (Å²) < 4.78 is 23.3. The van der Waals surface area contributed by atoms with Gasteiger partial charge in [-0.3, -0.25) is 10.1 Å². The molecule has 0 spiro atoms. The van der Waals surface area contributed by atoms with Gasteiger partial charge in [0, 0.05) is 18.9 Å². The number of rotatable bonds is 13. The monoisotopic (exact) mass is 596 g/mol. The van der Waals surface area contributed by atoms with Crippen LogP contribution in [0, 0.1) is 0 Å². The third kappa shape index (κ3) is 8.47. The van der Waals surface area contributed by atoms with Crippen LogP contribution in [0.2, 0.25) is 18.1 Å². The summed E-state index contributed by atoms with van der Waals surface area (Å²) in [6.07, 6.45) is 3.54. The lowest BCUT2D eigenvalue weighted by atomic mass is 10.1. The van der Waals surface area contributed by atoms with Crippen LogP contribution >= 0.6 is 0 Å². The molecule has 2 aromatic carbocycles. The highest BCUT2D eigenvalue weighted by atomic mass is 28.4. The Kier molecular flexibility index (Phi) is 11.4. The Bertz CT molecular complexity index is 1270. The summed E-state index contributed by atoms with van der Waals surface area (Å²) in [6.45, 7) is 15.0.